The highest BCUT2D eigenvalue weighted by Gasteiger charge is 2.29. The highest BCUT2D eigenvalue weighted by molar-refractivity contribution is 5.74. The molecule has 0 bridgehead atoms. The fraction of sp³-hybridized carbons (Fsp3) is 0.562. The normalized spacial score (nSPS) is 11.6. The Morgan fingerprint density at radius 3 is 2.25 bits per heavy atom. The van der Waals surface area contributed by atoms with E-state index in [0.29, 0.717) is 23.8 Å². The minimum atomic E-state index is -0.853. The van der Waals surface area contributed by atoms with E-state index >= 15 is 0 Å². The number of rotatable bonds is 6. The molecule has 0 aromatic heterocycles. The minimum absolute atomic E-state index is 0.335. The van der Waals surface area contributed by atoms with Gasteiger partial charge in [0.2, 0.25) is 0 Å². The molecule has 1 N–H and O–H groups in total. The molecule has 0 amide bonds. The number of carboxylic acids is 1. The van der Waals surface area contributed by atoms with E-state index in [-0.39, 0.29) is 0 Å². The van der Waals surface area contributed by atoms with Crippen LogP contribution in [0.3, 0.4) is 0 Å². The summed E-state index contributed by atoms with van der Waals surface area (Å²) in [6.45, 7) is 7.60. The molecule has 0 spiro atoms. The molecule has 112 valence electrons. The number of aliphatic carboxylic acids is 1. The summed E-state index contributed by atoms with van der Waals surface area (Å²) in [6.07, 6.45) is 0.391. The molecule has 0 radical (unpaired) electrons. The van der Waals surface area contributed by atoms with Gasteiger partial charge in [0.15, 0.2) is 11.5 Å². The second kappa shape index (κ2) is 6.16. The summed E-state index contributed by atoms with van der Waals surface area (Å²) in [5.74, 6) is 0.774. The average Bonchev–Trinajstić information content (AvgIpc) is 2.36. The van der Waals surface area contributed by atoms with Gasteiger partial charge < -0.3 is 14.6 Å². The van der Waals surface area contributed by atoms with Crippen LogP contribution in [0.25, 0.3) is 0 Å². The van der Waals surface area contributed by atoms with Crippen LogP contribution in [-0.4, -0.2) is 25.3 Å². The summed E-state index contributed by atoms with van der Waals surface area (Å²) < 4.78 is 10.8. The number of carbonyl (C=O) groups is 1. The van der Waals surface area contributed by atoms with E-state index in [1.165, 1.54) is 0 Å². The molecule has 0 heterocycles. The van der Waals surface area contributed by atoms with E-state index in [4.69, 9.17) is 9.47 Å². The van der Waals surface area contributed by atoms with Crippen molar-refractivity contribution < 1.29 is 19.4 Å². The van der Waals surface area contributed by atoms with Crippen LogP contribution in [0.15, 0.2) is 12.1 Å². The third-order valence-electron chi connectivity index (χ3n) is 3.46. The molecule has 0 saturated heterocycles. The third-order valence-corrected chi connectivity index (χ3v) is 3.46. The highest BCUT2D eigenvalue weighted by Crippen LogP contribution is 2.38. The molecule has 20 heavy (non-hydrogen) atoms. The van der Waals surface area contributed by atoms with Crippen LogP contribution < -0.4 is 9.47 Å². The first-order valence-electron chi connectivity index (χ1n) is 6.71. The predicted octanol–water partition coefficient (Wildman–Crippen LogP) is 3.48. The van der Waals surface area contributed by atoms with Crippen molar-refractivity contribution in [3.63, 3.8) is 0 Å². The van der Waals surface area contributed by atoms with Gasteiger partial charge in [-0.05, 0) is 43.4 Å². The van der Waals surface area contributed by atoms with Crippen LogP contribution in [0, 0.1) is 5.41 Å². The van der Waals surface area contributed by atoms with Gasteiger partial charge in [-0.1, -0.05) is 19.9 Å². The fourth-order valence-electron chi connectivity index (χ4n) is 2.08. The summed E-state index contributed by atoms with van der Waals surface area (Å²) >= 11 is 0. The molecule has 0 aliphatic heterocycles. The van der Waals surface area contributed by atoms with E-state index in [0.717, 1.165) is 11.1 Å². The Balaban J connectivity index is 3.35. The molecule has 0 saturated carbocycles. The largest absolute Gasteiger partial charge is 0.493 e. The number of carboxylic acid groups (broad SMARTS) is 1. The molecule has 1 aromatic carbocycles. The number of hydrogen-bond donors (Lipinski definition) is 1. The molecule has 0 atom stereocenters. The Kier molecular flexibility index (Phi) is 5.03. The Morgan fingerprint density at radius 1 is 1.25 bits per heavy atom. The van der Waals surface area contributed by atoms with Crippen LogP contribution in [0.1, 0.15) is 44.7 Å². The van der Waals surface area contributed by atoms with Gasteiger partial charge in [-0.2, -0.15) is 0 Å². The quantitative estimate of drug-likeness (QED) is 0.866. The Morgan fingerprint density at radius 2 is 1.85 bits per heavy atom. The zero-order chi connectivity index (χ0) is 15.5. The minimum Gasteiger partial charge on any atom is -0.493 e. The van der Waals surface area contributed by atoms with Crippen LogP contribution in [0.5, 0.6) is 11.5 Å². The molecule has 4 heteroatoms. The highest BCUT2D eigenvalue weighted by atomic mass is 16.5. The molecule has 0 aliphatic rings. The average molecular weight is 280 g/mol. The zero-order valence-electron chi connectivity index (χ0n) is 13.1. The summed E-state index contributed by atoms with van der Waals surface area (Å²) in [5.41, 5.74) is 1.12. The second-order valence-electron chi connectivity index (χ2n) is 5.94. The van der Waals surface area contributed by atoms with Crippen LogP contribution in [0.2, 0.25) is 0 Å². The lowest BCUT2D eigenvalue weighted by molar-refractivity contribution is -0.146. The van der Waals surface area contributed by atoms with E-state index in [1.54, 1.807) is 28.1 Å². The Hall–Kier alpha value is -1.71. The standard InChI is InChI=1S/C16H24O4/c1-10(2)11-7-12(9-16(3,4)15(17)18)14(20-6)13(8-11)19-5/h7-8,10H,9H2,1-6H3,(H,17,18). The van der Waals surface area contributed by atoms with Gasteiger partial charge in [0, 0.05) is 0 Å². The Labute approximate surface area is 120 Å². The number of hydrogen-bond acceptors (Lipinski definition) is 3. The van der Waals surface area contributed by atoms with Crippen molar-refractivity contribution >= 4 is 5.97 Å². The Bertz CT molecular complexity index is 489. The maximum Gasteiger partial charge on any atom is 0.309 e. The number of ether oxygens (including phenoxy) is 2. The van der Waals surface area contributed by atoms with Crippen molar-refractivity contribution in [1.29, 1.82) is 0 Å². The topological polar surface area (TPSA) is 55.8 Å². The van der Waals surface area contributed by atoms with Crippen molar-refractivity contribution in [2.45, 2.75) is 40.0 Å². The van der Waals surface area contributed by atoms with Crippen molar-refractivity contribution in [1.82, 2.24) is 0 Å². The van der Waals surface area contributed by atoms with Crippen molar-refractivity contribution in [3.8, 4) is 11.5 Å². The first-order chi connectivity index (χ1) is 9.22. The molecular weight excluding hydrogens is 256 g/mol. The summed E-state index contributed by atoms with van der Waals surface area (Å²) in [4.78, 5) is 11.3. The van der Waals surface area contributed by atoms with E-state index in [9.17, 15) is 9.90 Å². The molecule has 1 rings (SSSR count). The monoisotopic (exact) mass is 280 g/mol. The predicted molar refractivity (Wildman–Crippen MR) is 78.8 cm³/mol. The molecule has 1 aromatic rings. The molecule has 4 nitrogen and oxygen atoms in total. The van der Waals surface area contributed by atoms with Gasteiger partial charge in [-0.3, -0.25) is 4.79 Å². The maximum atomic E-state index is 11.3. The first kappa shape index (κ1) is 16.3. The van der Waals surface area contributed by atoms with Gasteiger partial charge in [0.1, 0.15) is 0 Å². The van der Waals surface area contributed by atoms with Crippen LogP contribution in [0.4, 0.5) is 0 Å². The van der Waals surface area contributed by atoms with Crippen molar-refractivity contribution in [2.75, 3.05) is 14.2 Å². The van der Waals surface area contributed by atoms with E-state index < -0.39 is 11.4 Å². The van der Waals surface area contributed by atoms with Gasteiger partial charge in [-0.25, -0.2) is 0 Å². The molecule has 0 fully saturated rings. The van der Waals surface area contributed by atoms with Crippen LogP contribution >= 0.6 is 0 Å². The molecular formula is C16H24O4. The fourth-order valence-corrected chi connectivity index (χ4v) is 2.08. The van der Waals surface area contributed by atoms with Gasteiger partial charge >= 0.3 is 5.97 Å². The summed E-state index contributed by atoms with van der Waals surface area (Å²) in [5, 5.41) is 9.30. The van der Waals surface area contributed by atoms with Crippen molar-refractivity contribution in [3.05, 3.63) is 23.3 Å². The molecule has 0 unspecified atom stereocenters. The van der Waals surface area contributed by atoms with Crippen LogP contribution in [-0.2, 0) is 11.2 Å². The SMILES string of the molecule is COc1cc(C(C)C)cc(CC(C)(C)C(=O)O)c1OC. The third kappa shape index (κ3) is 3.44. The van der Waals surface area contributed by atoms with Crippen molar-refractivity contribution in [2.24, 2.45) is 5.41 Å². The van der Waals surface area contributed by atoms with E-state index in [1.807, 2.05) is 12.1 Å². The number of benzene rings is 1. The maximum absolute atomic E-state index is 11.3. The van der Waals surface area contributed by atoms with Gasteiger partial charge in [0.25, 0.3) is 0 Å². The lowest BCUT2D eigenvalue weighted by Crippen LogP contribution is -2.26. The zero-order valence-corrected chi connectivity index (χ0v) is 13.1. The van der Waals surface area contributed by atoms with Gasteiger partial charge in [-0.15, -0.1) is 0 Å². The molecule has 0 aliphatic carbocycles. The van der Waals surface area contributed by atoms with Gasteiger partial charge in [0.05, 0.1) is 19.6 Å². The first-order valence-corrected chi connectivity index (χ1v) is 6.71. The number of methoxy groups -OCH3 is 2. The second-order valence-corrected chi connectivity index (χ2v) is 5.94. The summed E-state index contributed by atoms with van der Waals surface area (Å²) in [7, 11) is 3.16. The summed E-state index contributed by atoms with van der Waals surface area (Å²) in [6, 6.07) is 3.96. The lowest BCUT2D eigenvalue weighted by atomic mass is 9.84. The smallest absolute Gasteiger partial charge is 0.309 e. The lowest BCUT2D eigenvalue weighted by Gasteiger charge is -2.23. The van der Waals surface area contributed by atoms with E-state index in [2.05, 4.69) is 13.8 Å².